The molecule has 2 aromatic rings. The van der Waals surface area contributed by atoms with Gasteiger partial charge in [0.05, 0.1) is 30.7 Å². The molecular weight excluding hydrogens is 352 g/mol. The first kappa shape index (κ1) is 18.3. The molecule has 0 saturated carbocycles. The summed E-state index contributed by atoms with van der Waals surface area (Å²) in [4.78, 5) is 19.8. The third-order valence-corrected chi connectivity index (χ3v) is 6.29. The van der Waals surface area contributed by atoms with Gasteiger partial charge in [0, 0.05) is 13.1 Å². The summed E-state index contributed by atoms with van der Waals surface area (Å²) >= 11 is 0. The molecule has 1 aromatic carbocycles. The molecule has 0 spiro atoms. The monoisotopic (exact) mass is 375 g/mol. The molecule has 0 radical (unpaired) electrons. The van der Waals surface area contributed by atoms with Gasteiger partial charge in [-0.1, -0.05) is 24.3 Å². The van der Waals surface area contributed by atoms with E-state index in [2.05, 4.69) is 9.88 Å². The molecular formula is C18H23N4O3S+. The van der Waals surface area contributed by atoms with Gasteiger partial charge in [0.1, 0.15) is 13.1 Å². The lowest BCUT2D eigenvalue weighted by atomic mass is 10.3. The molecule has 138 valence electrons. The summed E-state index contributed by atoms with van der Waals surface area (Å²) in [6, 6.07) is 14.0. The van der Waals surface area contributed by atoms with E-state index in [0.29, 0.717) is 26.2 Å². The lowest BCUT2D eigenvalue weighted by Crippen LogP contribution is -2.52. The first-order valence-electron chi connectivity index (χ1n) is 8.49. The zero-order valence-electron chi connectivity index (χ0n) is 14.7. The average Bonchev–Trinajstić information content (AvgIpc) is 2.69. The van der Waals surface area contributed by atoms with E-state index < -0.39 is 10.0 Å². The maximum Gasteiger partial charge on any atom is 0.274 e. The van der Waals surface area contributed by atoms with Crippen molar-refractivity contribution >= 4 is 21.7 Å². The Morgan fingerprint density at radius 1 is 1.04 bits per heavy atom. The average molecular weight is 375 g/mol. The van der Waals surface area contributed by atoms with Crippen molar-refractivity contribution in [2.75, 3.05) is 44.7 Å². The molecule has 7 nitrogen and oxygen atoms in total. The lowest BCUT2D eigenvalue weighted by Gasteiger charge is -2.32. The Balaban J connectivity index is 1.57. The van der Waals surface area contributed by atoms with Gasteiger partial charge >= 0.3 is 0 Å². The number of hydrogen-bond donors (Lipinski definition) is 0. The second kappa shape index (κ2) is 7.84. The quantitative estimate of drug-likeness (QED) is 0.761. The van der Waals surface area contributed by atoms with Gasteiger partial charge in [-0.05, 0) is 18.2 Å². The van der Waals surface area contributed by atoms with Crippen molar-refractivity contribution in [2.45, 2.75) is 4.90 Å². The van der Waals surface area contributed by atoms with E-state index in [1.165, 1.54) is 19.2 Å². The summed E-state index contributed by atoms with van der Waals surface area (Å²) in [5.74, 6) is 0.840. The van der Waals surface area contributed by atoms with Gasteiger partial charge in [0.2, 0.25) is 15.9 Å². The third-order valence-electron chi connectivity index (χ3n) is 4.48. The molecule has 0 aliphatic carbocycles. The molecule has 0 atom stereocenters. The molecule has 1 aromatic heterocycles. The number of aromatic nitrogens is 1. The number of benzene rings is 1. The van der Waals surface area contributed by atoms with Crippen molar-refractivity contribution in [1.82, 2.24) is 9.21 Å². The molecule has 0 bridgehead atoms. The number of pyridine rings is 1. The largest absolute Gasteiger partial charge is 0.334 e. The van der Waals surface area contributed by atoms with Gasteiger partial charge in [-0.2, -0.15) is 4.31 Å². The summed E-state index contributed by atoms with van der Waals surface area (Å²) in [5, 5.41) is 0. The predicted octanol–water partition coefficient (Wildman–Crippen LogP) is 0.470. The zero-order valence-corrected chi connectivity index (χ0v) is 15.5. The highest BCUT2D eigenvalue weighted by Gasteiger charge is 2.29. The maximum absolute atomic E-state index is 12.5. The summed E-state index contributed by atoms with van der Waals surface area (Å²) in [6.45, 7) is 2.40. The molecule has 8 heteroatoms. The molecule has 3 rings (SSSR count). The number of amides is 1. The third kappa shape index (κ3) is 4.03. The van der Waals surface area contributed by atoms with E-state index >= 15 is 0 Å². The Morgan fingerprint density at radius 2 is 1.69 bits per heavy atom. The van der Waals surface area contributed by atoms with Crippen molar-refractivity contribution in [3.63, 3.8) is 0 Å². The number of aromatic amines is 1. The first-order valence-corrected chi connectivity index (χ1v) is 9.93. The van der Waals surface area contributed by atoms with Crippen LogP contribution < -0.4 is 9.88 Å². The van der Waals surface area contributed by atoms with Crippen LogP contribution >= 0.6 is 0 Å². The van der Waals surface area contributed by atoms with E-state index in [4.69, 9.17) is 0 Å². The Hall–Kier alpha value is -2.45. The Labute approximate surface area is 153 Å². The topological polar surface area (TPSA) is 75.1 Å². The number of nitrogens with zero attached hydrogens (tertiary/aromatic N) is 3. The number of likely N-dealkylation sites (N-methyl/N-ethyl adjacent to an activating group) is 1. The van der Waals surface area contributed by atoms with Gasteiger partial charge in [-0.3, -0.25) is 9.69 Å². The van der Waals surface area contributed by atoms with Crippen LogP contribution in [0, 0.1) is 0 Å². The lowest BCUT2D eigenvalue weighted by molar-refractivity contribution is -0.364. The van der Waals surface area contributed by atoms with Gasteiger partial charge in [0.15, 0.2) is 0 Å². The SMILES string of the molecule is CN(CC(=O)N1CCN(c2cccc[nH+]2)CC1)S(=O)(=O)c1ccccc1. The molecule has 1 saturated heterocycles. The predicted molar refractivity (Wildman–Crippen MR) is 98.0 cm³/mol. The Morgan fingerprint density at radius 3 is 2.31 bits per heavy atom. The van der Waals surface area contributed by atoms with Gasteiger partial charge in [-0.15, -0.1) is 0 Å². The summed E-state index contributed by atoms with van der Waals surface area (Å²) in [6.07, 6.45) is 1.87. The molecule has 26 heavy (non-hydrogen) atoms. The maximum atomic E-state index is 12.5. The Bertz CT molecular complexity index is 835. The van der Waals surface area contributed by atoms with Crippen LogP contribution in [0.1, 0.15) is 0 Å². The highest BCUT2D eigenvalue weighted by molar-refractivity contribution is 7.89. The van der Waals surface area contributed by atoms with Crippen LogP contribution in [0.15, 0.2) is 59.6 Å². The molecule has 1 fully saturated rings. The van der Waals surface area contributed by atoms with Crippen molar-refractivity contribution in [3.05, 3.63) is 54.7 Å². The molecule has 2 heterocycles. The number of rotatable bonds is 5. The number of sulfonamides is 1. The number of nitrogens with one attached hydrogen (secondary N) is 1. The minimum Gasteiger partial charge on any atom is -0.334 e. The van der Waals surface area contributed by atoms with Crippen molar-refractivity contribution in [1.29, 1.82) is 0 Å². The molecule has 1 N–H and O–H groups in total. The van der Waals surface area contributed by atoms with E-state index in [1.54, 1.807) is 23.1 Å². The normalized spacial score (nSPS) is 15.3. The summed E-state index contributed by atoms with van der Waals surface area (Å²) in [5.41, 5.74) is 0. The fourth-order valence-electron chi connectivity index (χ4n) is 2.93. The van der Waals surface area contributed by atoms with Crippen LogP contribution in [0.4, 0.5) is 5.82 Å². The highest BCUT2D eigenvalue weighted by Crippen LogP contribution is 2.14. The van der Waals surface area contributed by atoms with E-state index in [9.17, 15) is 13.2 Å². The minimum absolute atomic E-state index is 0.158. The summed E-state index contributed by atoms with van der Waals surface area (Å²) in [7, 11) is -2.22. The summed E-state index contributed by atoms with van der Waals surface area (Å²) < 4.78 is 26.2. The molecule has 1 aliphatic heterocycles. The second-order valence-corrected chi connectivity index (χ2v) is 8.23. The standard InChI is InChI=1S/C18H22N4O3S/c1-20(26(24,25)16-7-3-2-4-8-16)15-18(23)22-13-11-21(12-14-22)17-9-5-6-10-19-17/h2-10H,11-15H2,1H3/p+1. The number of carbonyl (C=O) groups excluding carboxylic acids is 1. The first-order chi connectivity index (χ1) is 12.5. The van der Waals surface area contributed by atoms with Crippen LogP contribution in [0.2, 0.25) is 0 Å². The number of piperazine rings is 1. The number of carbonyl (C=O) groups is 1. The van der Waals surface area contributed by atoms with E-state index in [0.717, 1.165) is 10.1 Å². The number of H-pyrrole nitrogens is 1. The van der Waals surface area contributed by atoms with Gasteiger partial charge in [-0.25, -0.2) is 13.4 Å². The smallest absolute Gasteiger partial charge is 0.274 e. The van der Waals surface area contributed by atoms with Gasteiger partial charge < -0.3 is 4.90 Å². The Kier molecular flexibility index (Phi) is 5.53. The van der Waals surface area contributed by atoms with Crippen LogP contribution in [0.3, 0.4) is 0 Å². The number of anilines is 1. The van der Waals surface area contributed by atoms with E-state index in [1.807, 2.05) is 24.4 Å². The van der Waals surface area contributed by atoms with Crippen LogP contribution in [0.5, 0.6) is 0 Å². The number of hydrogen-bond acceptors (Lipinski definition) is 4. The van der Waals surface area contributed by atoms with Crippen LogP contribution in [-0.2, 0) is 14.8 Å². The highest BCUT2D eigenvalue weighted by atomic mass is 32.2. The van der Waals surface area contributed by atoms with Crippen LogP contribution in [0.25, 0.3) is 0 Å². The van der Waals surface area contributed by atoms with Crippen molar-refractivity contribution in [2.24, 2.45) is 0 Å². The molecule has 0 unspecified atom stereocenters. The van der Waals surface area contributed by atoms with Gasteiger partial charge in [0.25, 0.3) is 5.82 Å². The van der Waals surface area contributed by atoms with Crippen molar-refractivity contribution < 1.29 is 18.2 Å². The molecule has 1 amide bonds. The fraction of sp³-hybridized carbons (Fsp3) is 0.333. The zero-order chi connectivity index (χ0) is 18.6. The second-order valence-electron chi connectivity index (χ2n) is 6.19. The van der Waals surface area contributed by atoms with Crippen LogP contribution in [-0.4, -0.2) is 63.3 Å². The van der Waals surface area contributed by atoms with Crippen molar-refractivity contribution in [3.8, 4) is 0 Å². The molecule has 1 aliphatic rings. The van der Waals surface area contributed by atoms with E-state index in [-0.39, 0.29) is 17.3 Å². The fourth-order valence-corrected chi connectivity index (χ4v) is 4.07. The minimum atomic E-state index is -3.66.